The third-order valence-corrected chi connectivity index (χ3v) is 4.11. The van der Waals surface area contributed by atoms with Gasteiger partial charge in [0.2, 0.25) is 5.91 Å². The number of benzene rings is 1. The zero-order valence-electron chi connectivity index (χ0n) is 12.3. The number of amides is 1. The average molecular weight is 320 g/mol. The highest BCUT2D eigenvalue weighted by Crippen LogP contribution is 2.23. The van der Waals surface area contributed by atoms with E-state index in [1.54, 1.807) is 24.3 Å². The van der Waals surface area contributed by atoms with Crippen molar-refractivity contribution >= 4 is 29.2 Å². The van der Waals surface area contributed by atoms with Crippen LogP contribution in [0.3, 0.4) is 0 Å². The number of thiocarbonyl (C=S) groups is 1. The Morgan fingerprint density at radius 2 is 1.77 bits per heavy atom. The monoisotopic (exact) mass is 320 g/mol. The van der Waals surface area contributed by atoms with Gasteiger partial charge in [0.05, 0.1) is 5.56 Å². The summed E-state index contributed by atoms with van der Waals surface area (Å²) in [6, 6.07) is 6.54. The van der Waals surface area contributed by atoms with E-state index < -0.39 is 5.97 Å². The summed E-state index contributed by atoms with van der Waals surface area (Å²) in [5.41, 5.74) is 1.15. The van der Waals surface area contributed by atoms with Crippen molar-refractivity contribution in [3.05, 3.63) is 35.4 Å². The van der Waals surface area contributed by atoms with E-state index in [0.717, 1.165) is 31.2 Å². The quantitative estimate of drug-likeness (QED) is 0.743. The van der Waals surface area contributed by atoms with E-state index in [9.17, 15) is 9.59 Å². The Bertz CT molecular complexity index is 551. The summed E-state index contributed by atoms with van der Waals surface area (Å²) in [7, 11) is 0. The van der Waals surface area contributed by atoms with Crippen molar-refractivity contribution < 1.29 is 14.7 Å². The van der Waals surface area contributed by atoms with Gasteiger partial charge in [0, 0.05) is 12.5 Å². The molecule has 1 fully saturated rings. The van der Waals surface area contributed by atoms with Crippen LogP contribution in [0.5, 0.6) is 0 Å². The van der Waals surface area contributed by atoms with Crippen LogP contribution >= 0.6 is 12.2 Å². The second-order valence-electron chi connectivity index (χ2n) is 5.51. The molecule has 1 aromatic rings. The lowest BCUT2D eigenvalue weighted by Crippen LogP contribution is -2.42. The molecule has 118 valence electrons. The van der Waals surface area contributed by atoms with E-state index in [1.165, 1.54) is 6.42 Å². The molecule has 0 radical (unpaired) electrons. The summed E-state index contributed by atoms with van der Waals surface area (Å²) in [6.07, 6.45) is 5.29. The molecule has 0 heterocycles. The second kappa shape index (κ2) is 7.89. The third-order valence-electron chi connectivity index (χ3n) is 3.87. The molecular weight excluding hydrogens is 300 g/mol. The van der Waals surface area contributed by atoms with Crippen molar-refractivity contribution in [3.63, 3.8) is 0 Å². The predicted octanol–water partition coefficient (Wildman–Crippen LogP) is 2.46. The molecule has 1 amide bonds. The van der Waals surface area contributed by atoms with Crippen LogP contribution in [0.15, 0.2) is 24.3 Å². The smallest absolute Gasteiger partial charge is 0.335 e. The van der Waals surface area contributed by atoms with E-state index in [2.05, 4.69) is 10.6 Å². The molecule has 6 heteroatoms. The van der Waals surface area contributed by atoms with E-state index in [4.69, 9.17) is 17.3 Å². The summed E-state index contributed by atoms with van der Waals surface area (Å²) in [6.45, 7) is 0.448. The molecule has 0 saturated heterocycles. The summed E-state index contributed by atoms with van der Waals surface area (Å²) >= 11 is 5.13. The number of hydrogen-bond donors (Lipinski definition) is 3. The fraction of sp³-hybridized carbons (Fsp3) is 0.438. The van der Waals surface area contributed by atoms with Gasteiger partial charge in [-0.2, -0.15) is 0 Å². The Kier molecular flexibility index (Phi) is 5.89. The highest BCUT2D eigenvalue weighted by molar-refractivity contribution is 7.80. The van der Waals surface area contributed by atoms with Crippen molar-refractivity contribution in [2.45, 2.75) is 38.6 Å². The van der Waals surface area contributed by atoms with Gasteiger partial charge in [0.15, 0.2) is 5.11 Å². The number of aromatic carboxylic acids is 1. The van der Waals surface area contributed by atoms with Gasteiger partial charge < -0.3 is 15.7 Å². The molecule has 0 atom stereocenters. The van der Waals surface area contributed by atoms with Gasteiger partial charge in [-0.25, -0.2) is 4.79 Å². The van der Waals surface area contributed by atoms with Crippen LogP contribution in [0.1, 0.15) is 48.0 Å². The van der Waals surface area contributed by atoms with E-state index in [1.807, 2.05) is 0 Å². The van der Waals surface area contributed by atoms with Gasteiger partial charge in [-0.15, -0.1) is 0 Å². The fourth-order valence-corrected chi connectivity index (χ4v) is 2.74. The molecule has 0 bridgehead atoms. The van der Waals surface area contributed by atoms with Crippen LogP contribution < -0.4 is 10.6 Å². The summed E-state index contributed by atoms with van der Waals surface area (Å²) in [4.78, 5) is 22.8. The van der Waals surface area contributed by atoms with Crippen LogP contribution in [0.25, 0.3) is 0 Å². The number of rotatable bonds is 4. The Morgan fingerprint density at radius 3 is 2.36 bits per heavy atom. The number of carboxylic acid groups (broad SMARTS) is 1. The summed E-state index contributed by atoms with van der Waals surface area (Å²) < 4.78 is 0. The Labute approximate surface area is 135 Å². The zero-order valence-corrected chi connectivity index (χ0v) is 13.1. The number of carbonyl (C=O) groups excluding carboxylic acids is 1. The Balaban J connectivity index is 1.77. The van der Waals surface area contributed by atoms with Gasteiger partial charge in [-0.1, -0.05) is 31.4 Å². The lowest BCUT2D eigenvalue weighted by atomic mass is 9.89. The van der Waals surface area contributed by atoms with Crippen LogP contribution in [0.4, 0.5) is 0 Å². The first-order valence-electron chi connectivity index (χ1n) is 7.47. The second-order valence-corrected chi connectivity index (χ2v) is 5.92. The zero-order chi connectivity index (χ0) is 15.9. The highest BCUT2D eigenvalue weighted by Gasteiger charge is 2.21. The molecule has 0 aromatic heterocycles. The number of carboxylic acids is 1. The van der Waals surface area contributed by atoms with E-state index in [-0.39, 0.29) is 17.4 Å². The molecule has 3 N–H and O–H groups in total. The van der Waals surface area contributed by atoms with Crippen molar-refractivity contribution in [1.29, 1.82) is 0 Å². The SMILES string of the molecule is O=C(O)c1ccc(CNC(=S)NC(=O)C2CCCCC2)cc1. The summed E-state index contributed by atoms with van der Waals surface area (Å²) in [5.74, 6) is -0.878. The first-order valence-corrected chi connectivity index (χ1v) is 7.88. The van der Waals surface area contributed by atoms with Crippen LogP contribution in [0.2, 0.25) is 0 Å². The lowest BCUT2D eigenvalue weighted by molar-refractivity contribution is -0.124. The molecule has 1 aliphatic rings. The van der Waals surface area contributed by atoms with Gasteiger partial charge >= 0.3 is 5.97 Å². The first kappa shape index (κ1) is 16.4. The van der Waals surface area contributed by atoms with Crippen LogP contribution in [-0.2, 0) is 11.3 Å². The minimum Gasteiger partial charge on any atom is -0.478 e. The lowest BCUT2D eigenvalue weighted by Gasteiger charge is -2.21. The third kappa shape index (κ3) is 4.80. The molecule has 1 saturated carbocycles. The van der Waals surface area contributed by atoms with Crippen molar-refractivity contribution in [2.75, 3.05) is 0 Å². The molecule has 1 aromatic carbocycles. The average Bonchev–Trinajstić information content (AvgIpc) is 2.54. The molecule has 5 nitrogen and oxygen atoms in total. The molecule has 0 aliphatic heterocycles. The van der Waals surface area contributed by atoms with E-state index >= 15 is 0 Å². The van der Waals surface area contributed by atoms with Crippen molar-refractivity contribution in [3.8, 4) is 0 Å². The maximum atomic E-state index is 12.0. The van der Waals surface area contributed by atoms with Gasteiger partial charge in [-0.3, -0.25) is 4.79 Å². The number of hydrogen-bond acceptors (Lipinski definition) is 3. The number of carbonyl (C=O) groups is 2. The van der Waals surface area contributed by atoms with Crippen molar-refractivity contribution in [2.24, 2.45) is 5.92 Å². The van der Waals surface area contributed by atoms with E-state index in [0.29, 0.717) is 11.7 Å². The molecule has 2 rings (SSSR count). The Morgan fingerprint density at radius 1 is 1.14 bits per heavy atom. The van der Waals surface area contributed by atoms with Crippen LogP contribution in [-0.4, -0.2) is 22.1 Å². The van der Waals surface area contributed by atoms with Crippen LogP contribution in [0, 0.1) is 5.92 Å². The fourth-order valence-electron chi connectivity index (χ4n) is 2.57. The van der Waals surface area contributed by atoms with Gasteiger partial charge in [0.1, 0.15) is 0 Å². The molecule has 0 spiro atoms. The van der Waals surface area contributed by atoms with Crippen molar-refractivity contribution in [1.82, 2.24) is 10.6 Å². The maximum absolute atomic E-state index is 12.0. The largest absolute Gasteiger partial charge is 0.478 e. The predicted molar refractivity (Wildman–Crippen MR) is 87.6 cm³/mol. The Hall–Kier alpha value is -1.95. The van der Waals surface area contributed by atoms with Gasteiger partial charge in [-0.05, 0) is 42.8 Å². The molecule has 0 unspecified atom stereocenters. The normalized spacial score (nSPS) is 15.1. The standard InChI is InChI=1S/C16H20N2O3S/c19-14(12-4-2-1-3-5-12)18-16(22)17-10-11-6-8-13(9-7-11)15(20)21/h6-9,12H,1-5,10H2,(H,20,21)(H2,17,18,19,22). The molecular formula is C16H20N2O3S. The highest BCUT2D eigenvalue weighted by atomic mass is 32.1. The first-order chi connectivity index (χ1) is 10.6. The number of nitrogens with one attached hydrogen (secondary N) is 2. The molecule has 22 heavy (non-hydrogen) atoms. The topological polar surface area (TPSA) is 78.4 Å². The van der Waals surface area contributed by atoms with Gasteiger partial charge in [0.25, 0.3) is 0 Å². The summed E-state index contributed by atoms with van der Waals surface area (Å²) in [5, 5.41) is 14.9. The molecule has 1 aliphatic carbocycles. The minimum absolute atomic E-state index is 0.00146. The minimum atomic E-state index is -0.949. The maximum Gasteiger partial charge on any atom is 0.335 e.